The standard InChI is InChI=1S/C59H112NO8P/c1-3-5-7-9-11-13-15-17-19-21-23-25-27-28-30-31-33-35-37-39-41-43-45-47-49-51-58(61)65-55-57(56-67-69(63,64)66-54-53-60)68-59(62)52-50-48-46-44-42-40-38-36-34-32-29-26-24-22-20-18-16-14-12-10-8-6-4-2/h16,18,21-24,57H,3-15,17,19-20,25-56,60H2,1-2H3,(H,63,64)/b18-16-,23-21-,24-22-. The highest BCUT2D eigenvalue weighted by Crippen LogP contribution is 2.43. The molecule has 0 aliphatic heterocycles. The Kier molecular flexibility index (Phi) is 54.1. The van der Waals surface area contributed by atoms with Crippen molar-refractivity contribution in [1.82, 2.24) is 0 Å². The van der Waals surface area contributed by atoms with Crippen molar-refractivity contribution in [2.24, 2.45) is 5.73 Å². The molecule has 9 nitrogen and oxygen atoms in total. The fourth-order valence-electron chi connectivity index (χ4n) is 8.60. The predicted molar refractivity (Wildman–Crippen MR) is 294 cm³/mol. The molecular weight excluding hydrogens is 882 g/mol. The minimum Gasteiger partial charge on any atom is -0.462 e. The van der Waals surface area contributed by atoms with Crippen molar-refractivity contribution >= 4 is 19.8 Å². The minimum atomic E-state index is -4.39. The summed E-state index contributed by atoms with van der Waals surface area (Å²) in [5.41, 5.74) is 5.38. The van der Waals surface area contributed by atoms with Crippen LogP contribution in [-0.2, 0) is 32.7 Å². The number of allylic oxidation sites excluding steroid dienone is 6. The number of rotatable bonds is 56. The van der Waals surface area contributed by atoms with Crippen molar-refractivity contribution in [1.29, 1.82) is 0 Å². The van der Waals surface area contributed by atoms with Gasteiger partial charge in [0, 0.05) is 19.4 Å². The molecule has 3 N–H and O–H groups in total. The van der Waals surface area contributed by atoms with Crippen LogP contribution in [0.15, 0.2) is 36.5 Å². The van der Waals surface area contributed by atoms with Crippen molar-refractivity contribution in [3.8, 4) is 0 Å². The molecule has 69 heavy (non-hydrogen) atoms. The third-order valence-electron chi connectivity index (χ3n) is 13.0. The SMILES string of the molecule is CCCCCCC/C=C\C/C=C\CCCCCCCCCCCCCC(=O)OC(COC(=O)CCCCCCCCCCCCCCC/C=C\CCCCCCCCCC)COP(=O)(O)OCCN. The van der Waals surface area contributed by atoms with Crippen LogP contribution in [0.2, 0.25) is 0 Å². The van der Waals surface area contributed by atoms with Crippen LogP contribution in [0.1, 0.15) is 296 Å². The number of hydrogen-bond donors (Lipinski definition) is 2. The lowest BCUT2D eigenvalue weighted by Crippen LogP contribution is -2.29. The van der Waals surface area contributed by atoms with Crippen LogP contribution < -0.4 is 5.73 Å². The molecule has 0 aromatic heterocycles. The van der Waals surface area contributed by atoms with Crippen molar-refractivity contribution in [2.45, 2.75) is 302 Å². The summed E-state index contributed by atoms with van der Waals surface area (Å²) in [5.74, 6) is -0.817. The van der Waals surface area contributed by atoms with Gasteiger partial charge in [0.1, 0.15) is 6.61 Å². The largest absolute Gasteiger partial charge is 0.472 e. The summed E-state index contributed by atoms with van der Waals surface area (Å²) < 4.78 is 33.1. The van der Waals surface area contributed by atoms with Crippen molar-refractivity contribution in [2.75, 3.05) is 26.4 Å². The number of esters is 2. The molecule has 0 aromatic rings. The second-order valence-corrected chi connectivity index (χ2v) is 21.3. The number of unbranched alkanes of at least 4 members (excludes halogenated alkanes) is 37. The van der Waals surface area contributed by atoms with Crippen LogP contribution in [-0.4, -0.2) is 49.3 Å². The first kappa shape index (κ1) is 67.2. The average Bonchev–Trinajstić information content (AvgIpc) is 3.34. The van der Waals surface area contributed by atoms with E-state index in [2.05, 4.69) is 50.3 Å². The summed E-state index contributed by atoms with van der Waals surface area (Å²) in [6, 6.07) is 0. The lowest BCUT2D eigenvalue weighted by Gasteiger charge is -2.19. The Morgan fingerprint density at radius 1 is 0.435 bits per heavy atom. The van der Waals surface area contributed by atoms with Gasteiger partial charge in [-0.05, 0) is 70.6 Å². The van der Waals surface area contributed by atoms with E-state index < -0.39 is 26.5 Å². The quantitative estimate of drug-likeness (QED) is 0.0264. The molecule has 406 valence electrons. The fraction of sp³-hybridized carbons (Fsp3) is 0.864. The smallest absolute Gasteiger partial charge is 0.462 e. The summed E-state index contributed by atoms with van der Waals surface area (Å²) in [4.78, 5) is 35.2. The Balaban J connectivity index is 3.95. The Morgan fingerprint density at radius 2 is 0.754 bits per heavy atom. The minimum absolute atomic E-state index is 0.0540. The van der Waals surface area contributed by atoms with E-state index in [1.807, 2.05) is 0 Å². The number of hydrogen-bond acceptors (Lipinski definition) is 8. The summed E-state index contributed by atoms with van der Waals surface area (Å²) >= 11 is 0. The van der Waals surface area contributed by atoms with E-state index in [1.165, 1.54) is 218 Å². The monoisotopic (exact) mass is 994 g/mol. The molecule has 0 fully saturated rings. The van der Waals surface area contributed by atoms with Gasteiger partial charge in [-0.25, -0.2) is 4.57 Å². The zero-order valence-corrected chi connectivity index (χ0v) is 46.2. The predicted octanol–water partition coefficient (Wildman–Crippen LogP) is 18.4. The maximum absolute atomic E-state index is 12.7. The lowest BCUT2D eigenvalue weighted by atomic mass is 10.0. The number of carbonyl (C=O) groups excluding carboxylic acids is 2. The van der Waals surface area contributed by atoms with Gasteiger partial charge >= 0.3 is 19.8 Å². The fourth-order valence-corrected chi connectivity index (χ4v) is 9.37. The molecule has 0 rings (SSSR count). The molecule has 0 aliphatic rings. The van der Waals surface area contributed by atoms with Crippen LogP contribution >= 0.6 is 7.82 Å². The lowest BCUT2D eigenvalue weighted by molar-refractivity contribution is -0.161. The van der Waals surface area contributed by atoms with Crippen LogP contribution in [0.3, 0.4) is 0 Å². The summed E-state index contributed by atoms with van der Waals surface area (Å²) in [6.45, 7) is 3.78. The Morgan fingerprint density at radius 3 is 1.12 bits per heavy atom. The van der Waals surface area contributed by atoms with Gasteiger partial charge < -0.3 is 20.1 Å². The Hall–Kier alpha value is -1.77. The first-order chi connectivity index (χ1) is 33.8. The first-order valence-corrected chi connectivity index (χ1v) is 31.0. The average molecular weight is 995 g/mol. The van der Waals surface area contributed by atoms with Gasteiger partial charge in [-0.2, -0.15) is 0 Å². The molecule has 0 spiro atoms. The van der Waals surface area contributed by atoms with Gasteiger partial charge in [0.2, 0.25) is 0 Å². The number of phosphoric ester groups is 1. The second-order valence-electron chi connectivity index (χ2n) is 19.9. The first-order valence-electron chi connectivity index (χ1n) is 29.5. The van der Waals surface area contributed by atoms with Crippen molar-refractivity contribution in [3.63, 3.8) is 0 Å². The highest BCUT2D eigenvalue weighted by Gasteiger charge is 2.26. The second kappa shape index (κ2) is 55.5. The molecule has 0 aromatic carbocycles. The van der Waals surface area contributed by atoms with E-state index in [-0.39, 0.29) is 38.6 Å². The number of ether oxygens (including phenoxy) is 2. The van der Waals surface area contributed by atoms with Gasteiger partial charge in [0.05, 0.1) is 13.2 Å². The van der Waals surface area contributed by atoms with Crippen LogP contribution in [0.4, 0.5) is 0 Å². The highest BCUT2D eigenvalue weighted by atomic mass is 31.2. The third-order valence-corrected chi connectivity index (χ3v) is 14.0. The van der Waals surface area contributed by atoms with E-state index >= 15 is 0 Å². The van der Waals surface area contributed by atoms with Gasteiger partial charge in [0.25, 0.3) is 0 Å². The van der Waals surface area contributed by atoms with E-state index in [9.17, 15) is 19.0 Å². The third kappa shape index (κ3) is 55.4. The van der Waals surface area contributed by atoms with Crippen LogP contribution in [0, 0.1) is 0 Å². The summed E-state index contributed by atoms with van der Waals surface area (Å²) in [6.07, 6.45) is 66.3. The summed E-state index contributed by atoms with van der Waals surface area (Å²) in [5, 5.41) is 0. The van der Waals surface area contributed by atoms with Crippen LogP contribution in [0.25, 0.3) is 0 Å². The van der Waals surface area contributed by atoms with Gasteiger partial charge in [0.15, 0.2) is 6.10 Å². The zero-order chi connectivity index (χ0) is 50.2. The molecule has 0 saturated heterocycles. The zero-order valence-electron chi connectivity index (χ0n) is 45.3. The van der Waals surface area contributed by atoms with Gasteiger partial charge in [-0.1, -0.05) is 249 Å². The molecule has 0 bridgehead atoms. The molecule has 0 aliphatic carbocycles. The molecule has 0 saturated carbocycles. The topological polar surface area (TPSA) is 134 Å². The van der Waals surface area contributed by atoms with Crippen molar-refractivity contribution in [3.05, 3.63) is 36.5 Å². The van der Waals surface area contributed by atoms with E-state index in [0.717, 1.165) is 44.9 Å². The van der Waals surface area contributed by atoms with E-state index in [0.29, 0.717) is 6.42 Å². The van der Waals surface area contributed by atoms with Gasteiger partial charge in [-0.3, -0.25) is 18.6 Å². The molecule has 0 radical (unpaired) electrons. The van der Waals surface area contributed by atoms with E-state index in [4.69, 9.17) is 24.3 Å². The Labute approximate surface area is 426 Å². The molecule has 10 heteroatoms. The van der Waals surface area contributed by atoms with Gasteiger partial charge in [-0.15, -0.1) is 0 Å². The molecule has 0 heterocycles. The normalized spacial score (nSPS) is 13.3. The van der Waals surface area contributed by atoms with Crippen molar-refractivity contribution < 1.29 is 37.6 Å². The number of phosphoric acid groups is 1. The molecular formula is C59H112NO8P. The van der Waals surface area contributed by atoms with E-state index in [1.54, 1.807) is 0 Å². The molecule has 2 atom stereocenters. The Bertz CT molecular complexity index is 1220. The number of nitrogens with two attached hydrogens (primary N) is 1. The summed E-state index contributed by atoms with van der Waals surface area (Å²) in [7, 11) is -4.39. The highest BCUT2D eigenvalue weighted by molar-refractivity contribution is 7.47. The molecule has 2 unspecified atom stereocenters. The van der Waals surface area contributed by atoms with Crippen LogP contribution in [0.5, 0.6) is 0 Å². The maximum Gasteiger partial charge on any atom is 0.472 e. The maximum atomic E-state index is 12.7. The molecule has 0 amide bonds. The number of carbonyl (C=O) groups is 2.